The van der Waals surface area contributed by atoms with Crippen LogP contribution in [0.2, 0.25) is 0 Å². The topological polar surface area (TPSA) is 17.8 Å². The van der Waals surface area contributed by atoms with Gasteiger partial charge >= 0.3 is 0 Å². The molecule has 2 aromatic rings. The molecule has 70 valence electrons. The molecule has 0 radical (unpaired) electrons. The third-order valence-electron chi connectivity index (χ3n) is 3.03. The molecule has 14 heavy (non-hydrogen) atoms. The van der Waals surface area contributed by atoms with Gasteiger partial charge in [0.25, 0.3) is 0 Å². The third kappa shape index (κ3) is 0.739. The Labute approximate surface area is 83.2 Å². The molecule has 1 aliphatic heterocycles. The summed E-state index contributed by atoms with van der Waals surface area (Å²) >= 11 is 0. The maximum absolute atomic E-state index is 4.38. The van der Waals surface area contributed by atoms with Crippen LogP contribution in [0.5, 0.6) is 0 Å². The van der Waals surface area contributed by atoms with Gasteiger partial charge in [-0.3, -0.25) is 4.68 Å². The van der Waals surface area contributed by atoms with Crippen molar-refractivity contribution in [1.29, 1.82) is 0 Å². The van der Waals surface area contributed by atoms with E-state index in [1.54, 1.807) is 0 Å². The van der Waals surface area contributed by atoms with Crippen LogP contribution >= 0.6 is 0 Å². The number of fused-ring (bicyclic) bond motifs is 3. The number of nitrogens with zero attached hydrogens (tertiary/aromatic N) is 2. The van der Waals surface area contributed by atoms with Gasteiger partial charge < -0.3 is 0 Å². The molecule has 0 bridgehead atoms. The normalized spacial score (nSPS) is 16.4. The molecule has 0 fully saturated rings. The van der Waals surface area contributed by atoms with E-state index in [0.29, 0.717) is 0 Å². The van der Waals surface area contributed by atoms with E-state index in [0.717, 1.165) is 0 Å². The SMILES string of the molecule is CC1(C)c2ccccc2-c2ccnn21. The maximum Gasteiger partial charge on any atom is 0.0833 e. The third-order valence-corrected chi connectivity index (χ3v) is 3.03. The van der Waals surface area contributed by atoms with E-state index >= 15 is 0 Å². The fourth-order valence-electron chi connectivity index (χ4n) is 2.31. The molecule has 0 atom stereocenters. The summed E-state index contributed by atoms with van der Waals surface area (Å²) in [6.45, 7) is 4.41. The van der Waals surface area contributed by atoms with Crippen molar-refractivity contribution in [3.63, 3.8) is 0 Å². The van der Waals surface area contributed by atoms with Gasteiger partial charge in [0.05, 0.1) is 11.2 Å². The molecule has 2 nitrogen and oxygen atoms in total. The van der Waals surface area contributed by atoms with Gasteiger partial charge in [-0.15, -0.1) is 0 Å². The minimum absolute atomic E-state index is 0.00454. The molecule has 0 aliphatic carbocycles. The lowest BCUT2D eigenvalue weighted by Gasteiger charge is -2.21. The summed E-state index contributed by atoms with van der Waals surface area (Å²) < 4.78 is 2.09. The van der Waals surface area contributed by atoms with Crippen LogP contribution in [0.4, 0.5) is 0 Å². The molecule has 1 aromatic carbocycles. The Morgan fingerprint density at radius 3 is 2.79 bits per heavy atom. The Balaban J connectivity index is 2.42. The van der Waals surface area contributed by atoms with Crippen molar-refractivity contribution in [2.75, 3.05) is 0 Å². The first kappa shape index (κ1) is 7.80. The quantitative estimate of drug-likeness (QED) is 0.615. The summed E-state index contributed by atoms with van der Waals surface area (Å²) in [5, 5.41) is 4.38. The van der Waals surface area contributed by atoms with E-state index in [2.05, 4.69) is 54.0 Å². The van der Waals surface area contributed by atoms with Crippen molar-refractivity contribution in [1.82, 2.24) is 9.78 Å². The second kappa shape index (κ2) is 2.27. The summed E-state index contributed by atoms with van der Waals surface area (Å²) in [5.74, 6) is 0. The Morgan fingerprint density at radius 1 is 1.14 bits per heavy atom. The minimum Gasteiger partial charge on any atom is -0.255 e. The second-order valence-corrected chi connectivity index (χ2v) is 4.23. The van der Waals surface area contributed by atoms with Gasteiger partial charge in [0, 0.05) is 11.8 Å². The average molecular weight is 184 g/mol. The van der Waals surface area contributed by atoms with Crippen molar-refractivity contribution in [3.05, 3.63) is 42.1 Å². The first-order chi connectivity index (χ1) is 6.71. The van der Waals surface area contributed by atoms with Gasteiger partial charge in [0.2, 0.25) is 0 Å². The molecule has 0 unspecified atom stereocenters. The molecule has 0 saturated heterocycles. The summed E-state index contributed by atoms with van der Waals surface area (Å²) in [5.41, 5.74) is 3.90. The summed E-state index contributed by atoms with van der Waals surface area (Å²) in [6.07, 6.45) is 1.87. The Hall–Kier alpha value is -1.57. The van der Waals surface area contributed by atoms with Crippen LogP contribution in [0.25, 0.3) is 11.3 Å². The second-order valence-electron chi connectivity index (χ2n) is 4.23. The zero-order chi connectivity index (χ0) is 9.76. The molecule has 3 rings (SSSR count). The predicted molar refractivity (Wildman–Crippen MR) is 56.1 cm³/mol. The lowest BCUT2D eigenvalue weighted by molar-refractivity contribution is 0.413. The van der Waals surface area contributed by atoms with E-state index in [-0.39, 0.29) is 5.54 Å². The first-order valence-corrected chi connectivity index (χ1v) is 4.85. The zero-order valence-corrected chi connectivity index (χ0v) is 8.36. The van der Waals surface area contributed by atoms with E-state index in [1.165, 1.54) is 16.8 Å². The Kier molecular flexibility index (Phi) is 1.26. The molecule has 1 aromatic heterocycles. The van der Waals surface area contributed by atoms with Crippen molar-refractivity contribution in [2.24, 2.45) is 0 Å². The summed E-state index contributed by atoms with van der Waals surface area (Å²) in [6, 6.07) is 10.6. The zero-order valence-electron chi connectivity index (χ0n) is 8.36. The van der Waals surface area contributed by atoms with E-state index in [9.17, 15) is 0 Å². The van der Waals surface area contributed by atoms with Crippen LogP contribution in [-0.2, 0) is 5.54 Å². The highest BCUT2D eigenvalue weighted by Gasteiger charge is 2.34. The largest absolute Gasteiger partial charge is 0.255 e. The lowest BCUT2D eigenvalue weighted by Crippen LogP contribution is -2.24. The summed E-state index contributed by atoms with van der Waals surface area (Å²) in [4.78, 5) is 0. The number of benzene rings is 1. The fraction of sp³-hybridized carbons (Fsp3) is 0.250. The molecular weight excluding hydrogens is 172 g/mol. The van der Waals surface area contributed by atoms with Crippen LogP contribution < -0.4 is 0 Å². The van der Waals surface area contributed by atoms with Crippen molar-refractivity contribution >= 4 is 0 Å². The highest BCUT2D eigenvalue weighted by molar-refractivity contribution is 5.70. The number of aromatic nitrogens is 2. The van der Waals surface area contributed by atoms with Crippen LogP contribution in [0, 0.1) is 0 Å². The smallest absolute Gasteiger partial charge is 0.0833 e. The number of rotatable bonds is 0. The lowest BCUT2D eigenvalue weighted by atomic mass is 9.94. The molecule has 0 spiro atoms. The average Bonchev–Trinajstić information content (AvgIpc) is 2.72. The number of hydrogen-bond donors (Lipinski definition) is 0. The highest BCUT2D eigenvalue weighted by atomic mass is 15.3. The Morgan fingerprint density at radius 2 is 1.93 bits per heavy atom. The van der Waals surface area contributed by atoms with Gasteiger partial charge in [-0.25, -0.2) is 0 Å². The molecule has 0 N–H and O–H groups in total. The Bertz CT molecular complexity index is 495. The molecular formula is C12H12N2. The van der Waals surface area contributed by atoms with Gasteiger partial charge in [0.15, 0.2) is 0 Å². The monoisotopic (exact) mass is 184 g/mol. The fourth-order valence-corrected chi connectivity index (χ4v) is 2.31. The van der Waals surface area contributed by atoms with Gasteiger partial charge in [-0.1, -0.05) is 24.3 Å². The van der Waals surface area contributed by atoms with Gasteiger partial charge in [-0.05, 0) is 25.5 Å². The molecule has 0 amide bonds. The van der Waals surface area contributed by atoms with Crippen molar-refractivity contribution < 1.29 is 0 Å². The van der Waals surface area contributed by atoms with Crippen LogP contribution in [0.1, 0.15) is 19.4 Å². The molecule has 2 heteroatoms. The molecule has 1 aliphatic rings. The van der Waals surface area contributed by atoms with E-state index in [1.807, 2.05) is 6.20 Å². The van der Waals surface area contributed by atoms with Crippen LogP contribution in [-0.4, -0.2) is 9.78 Å². The molecule has 0 saturated carbocycles. The van der Waals surface area contributed by atoms with Crippen molar-refractivity contribution in [2.45, 2.75) is 19.4 Å². The van der Waals surface area contributed by atoms with E-state index < -0.39 is 0 Å². The first-order valence-electron chi connectivity index (χ1n) is 4.85. The minimum atomic E-state index is -0.00454. The molecule has 2 heterocycles. The standard InChI is InChI=1S/C12H12N2/c1-12(2)10-6-4-3-5-9(10)11-7-8-13-14(11)12/h3-8H,1-2H3. The maximum atomic E-state index is 4.38. The number of hydrogen-bond acceptors (Lipinski definition) is 1. The van der Waals surface area contributed by atoms with Crippen LogP contribution in [0.15, 0.2) is 36.5 Å². The highest BCUT2D eigenvalue weighted by Crippen LogP contribution is 2.41. The van der Waals surface area contributed by atoms with Crippen LogP contribution in [0.3, 0.4) is 0 Å². The van der Waals surface area contributed by atoms with E-state index in [4.69, 9.17) is 0 Å². The predicted octanol–water partition coefficient (Wildman–Crippen LogP) is 2.65. The summed E-state index contributed by atoms with van der Waals surface area (Å²) in [7, 11) is 0. The van der Waals surface area contributed by atoms with Gasteiger partial charge in [-0.2, -0.15) is 5.10 Å². The van der Waals surface area contributed by atoms with Gasteiger partial charge in [0.1, 0.15) is 0 Å². The van der Waals surface area contributed by atoms with Crippen molar-refractivity contribution in [3.8, 4) is 11.3 Å².